The number of aryl methyl sites for hydroxylation is 1. The van der Waals surface area contributed by atoms with Gasteiger partial charge in [0.2, 0.25) is 0 Å². The molecule has 21 heavy (non-hydrogen) atoms. The molecule has 1 saturated heterocycles. The van der Waals surface area contributed by atoms with Crippen LogP contribution in [0.1, 0.15) is 37.3 Å². The number of piperidine rings is 1. The summed E-state index contributed by atoms with van der Waals surface area (Å²) >= 11 is 0. The molecule has 1 aromatic rings. The lowest BCUT2D eigenvalue weighted by atomic mass is 9.56. The Bertz CT molecular complexity index is 565. The minimum absolute atomic E-state index is 0.163. The Morgan fingerprint density at radius 1 is 1.33 bits per heavy atom. The molecule has 1 fully saturated rings. The molecule has 1 heterocycles. The van der Waals surface area contributed by atoms with Gasteiger partial charge in [0.15, 0.2) is 0 Å². The SMILES string of the molecule is CCC1CNCCC1(O)C1(C#N)CCc2ccccc2C1. The van der Waals surface area contributed by atoms with Crippen LogP contribution in [0, 0.1) is 22.7 Å². The predicted octanol–water partition coefficient (Wildman–Crippen LogP) is 2.44. The first kappa shape index (κ1) is 14.6. The molecule has 1 aromatic carbocycles. The van der Waals surface area contributed by atoms with Gasteiger partial charge in [-0.3, -0.25) is 0 Å². The van der Waals surface area contributed by atoms with E-state index in [1.807, 2.05) is 6.07 Å². The van der Waals surface area contributed by atoms with Crippen LogP contribution in [0.25, 0.3) is 0 Å². The molecule has 3 rings (SSSR count). The first-order valence-electron chi connectivity index (χ1n) is 8.06. The van der Waals surface area contributed by atoms with E-state index in [2.05, 4.69) is 36.5 Å². The largest absolute Gasteiger partial charge is 0.388 e. The molecule has 0 aromatic heterocycles. The van der Waals surface area contributed by atoms with Gasteiger partial charge in [0.05, 0.1) is 17.1 Å². The summed E-state index contributed by atoms with van der Waals surface area (Å²) in [4.78, 5) is 0. The maximum Gasteiger partial charge on any atom is 0.0907 e. The second kappa shape index (κ2) is 5.44. The van der Waals surface area contributed by atoms with E-state index in [0.29, 0.717) is 12.8 Å². The first-order chi connectivity index (χ1) is 10.1. The lowest BCUT2D eigenvalue weighted by Gasteiger charge is -2.51. The van der Waals surface area contributed by atoms with Crippen LogP contribution in [0.4, 0.5) is 0 Å². The Morgan fingerprint density at radius 3 is 2.81 bits per heavy atom. The van der Waals surface area contributed by atoms with Crippen LogP contribution < -0.4 is 5.32 Å². The predicted molar refractivity (Wildman–Crippen MR) is 82.7 cm³/mol. The number of nitrogens with zero attached hydrogens (tertiary/aromatic N) is 1. The average Bonchev–Trinajstić information content (AvgIpc) is 2.54. The van der Waals surface area contributed by atoms with Crippen LogP contribution in [0.2, 0.25) is 0 Å². The Balaban J connectivity index is 2.00. The normalized spacial score (nSPS) is 35.8. The number of nitrogens with one attached hydrogen (secondary N) is 1. The van der Waals surface area contributed by atoms with Crippen molar-refractivity contribution in [3.05, 3.63) is 35.4 Å². The second-order valence-electron chi connectivity index (χ2n) is 6.62. The van der Waals surface area contributed by atoms with Crippen LogP contribution in [0.15, 0.2) is 24.3 Å². The standard InChI is InChI=1S/C18H24N2O/c1-2-16-12-20-10-9-18(16,21)17(13-19)8-7-14-5-3-4-6-15(14)11-17/h3-6,16,20-21H,2,7-12H2,1H3. The molecule has 1 aliphatic heterocycles. The fourth-order valence-electron chi connectivity index (χ4n) is 4.34. The molecule has 112 valence electrons. The molecule has 0 spiro atoms. The second-order valence-corrected chi connectivity index (χ2v) is 6.62. The minimum Gasteiger partial charge on any atom is -0.388 e. The lowest BCUT2D eigenvalue weighted by molar-refractivity contribution is -0.124. The van der Waals surface area contributed by atoms with Crippen molar-refractivity contribution in [2.45, 2.75) is 44.6 Å². The van der Waals surface area contributed by atoms with Crippen molar-refractivity contribution >= 4 is 0 Å². The van der Waals surface area contributed by atoms with E-state index in [1.165, 1.54) is 11.1 Å². The van der Waals surface area contributed by atoms with Crippen molar-refractivity contribution in [2.75, 3.05) is 13.1 Å². The zero-order chi connectivity index (χ0) is 14.9. The van der Waals surface area contributed by atoms with E-state index in [9.17, 15) is 10.4 Å². The molecule has 0 bridgehead atoms. The molecule has 2 aliphatic rings. The van der Waals surface area contributed by atoms with Gasteiger partial charge in [0.1, 0.15) is 0 Å². The van der Waals surface area contributed by atoms with Crippen LogP contribution in [-0.2, 0) is 12.8 Å². The van der Waals surface area contributed by atoms with Crippen molar-refractivity contribution in [3.8, 4) is 6.07 Å². The lowest BCUT2D eigenvalue weighted by Crippen LogP contribution is -2.61. The van der Waals surface area contributed by atoms with Gasteiger partial charge < -0.3 is 10.4 Å². The van der Waals surface area contributed by atoms with Gasteiger partial charge in [0.25, 0.3) is 0 Å². The van der Waals surface area contributed by atoms with Crippen LogP contribution in [0.5, 0.6) is 0 Å². The zero-order valence-electron chi connectivity index (χ0n) is 12.7. The third kappa shape index (κ3) is 2.18. The molecule has 2 N–H and O–H groups in total. The highest BCUT2D eigenvalue weighted by Crippen LogP contribution is 2.49. The molecule has 3 heteroatoms. The summed E-state index contributed by atoms with van der Waals surface area (Å²) in [5, 5.41) is 24.8. The number of benzene rings is 1. The highest BCUT2D eigenvalue weighted by molar-refractivity contribution is 5.35. The molecule has 3 atom stereocenters. The van der Waals surface area contributed by atoms with E-state index >= 15 is 0 Å². The van der Waals surface area contributed by atoms with Crippen molar-refractivity contribution in [1.82, 2.24) is 5.32 Å². The number of aliphatic hydroxyl groups is 1. The number of hydrogen-bond acceptors (Lipinski definition) is 3. The quantitative estimate of drug-likeness (QED) is 0.877. The number of nitriles is 1. The Morgan fingerprint density at radius 2 is 2.10 bits per heavy atom. The number of hydrogen-bond donors (Lipinski definition) is 2. The van der Waals surface area contributed by atoms with Crippen LogP contribution >= 0.6 is 0 Å². The minimum atomic E-state index is -0.866. The fourth-order valence-corrected chi connectivity index (χ4v) is 4.34. The van der Waals surface area contributed by atoms with E-state index in [-0.39, 0.29) is 5.92 Å². The van der Waals surface area contributed by atoms with Crippen LogP contribution in [-0.4, -0.2) is 23.8 Å². The zero-order valence-corrected chi connectivity index (χ0v) is 12.7. The summed E-state index contributed by atoms with van der Waals surface area (Å²) in [7, 11) is 0. The maximum atomic E-state index is 11.5. The third-order valence-corrected chi connectivity index (χ3v) is 5.72. The molecular weight excluding hydrogens is 260 g/mol. The van der Waals surface area contributed by atoms with Gasteiger partial charge in [-0.2, -0.15) is 5.26 Å². The molecule has 0 saturated carbocycles. The maximum absolute atomic E-state index is 11.5. The van der Waals surface area contributed by atoms with Crippen molar-refractivity contribution in [3.63, 3.8) is 0 Å². The summed E-state index contributed by atoms with van der Waals surface area (Å²) in [5.41, 5.74) is 1.08. The Kier molecular flexibility index (Phi) is 3.77. The molecular formula is C18H24N2O. The molecule has 3 nitrogen and oxygen atoms in total. The molecule has 0 radical (unpaired) electrons. The van der Waals surface area contributed by atoms with E-state index in [1.54, 1.807) is 0 Å². The monoisotopic (exact) mass is 284 g/mol. The third-order valence-electron chi connectivity index (χ3n) is 5.72. The summed E-state index contributed by atoms with van der Waals surface area (Å²) in [5.74, 6) is 0.163. The molecule has 0 amide bonds. The van der Waals surface area contributed by atoms with E-state index in [4.69, 9.17) is 0 Å². The fraction of sp³-hybridized carbons (Fsp3) is 0.611. The van der Waals surface area contributed by atoms with Gasteiger partial charge in [-0.05, 0) is 49.8 Å². The van der Waals surface area contributed by atoms with E-state index in [0.717, 1.165) is 32.4 Å². The van der Waals surface area contributed by atoms with Crippen molar-refractivity contribution in [2.24, 2.45) is 11.3 Å². The highest BCUT2D eigenvalue weighted by Gasteiger charge is 2.56. The van der Waals surface area contributed by atoms with Gasteiger partial charge in [0, 0.05) is 12.5 Å². The smallest absolute Gasteiger partial charge is 0.0907 e. The topological polar surface area (TPSA) is 56.0 Å². The number of rotatable bonds is 2. The average molecular weight is 284 g/mol. The summed E-state index contributed by atoms with van der Waals surface area (Å²) in [6, 6.07) is 10.9. The van der Waals surface area contributed by atoms with Gasteiger partial charge in [-0.15, -0.1) is 0 Å². The van der Waals surface area contributed by atoms with Gasteiger partial charge in [-0.1, -0.05) is 31.2 Å². The Labute approximate surface area is 127 Å². The first-order valence-corrected chi connectivity index (χ1v) is 8.06. The highest BCUT2D eigenvalue weighted by atomic mass is 16.3. The summed E-state index contributed by atoms with van der Waals surface area (Å²) in [6.45, 7) is 3.74. The molecule has 3 unspecified atom stereocenters. The summed E-state index contributed by atoms with van der Waals surface area (Å²) < 4.78 is 0. The van der Waals surface area contributed by atoms with Crippen LogP contribution in [0.3, 0.4) is 0 Å². The van der Waals surface area contributed by atoms with Gasteiger partial charge >= 0.3 is 0 Å². The van der Waals surface area contributed by atoms with Crippen molar-refractivity contribution < 1.29 is 5.11 Å². The van der Waals surface area contributed by atoms with Crippen molar-refractivity contribution in [1.29, 1.82) is 5.26 Å². The Hall–Kier alpha value is -1.37. The van der Waals surface area contributed by atoms with E-state index < -0.39 is 11.0 Å². The van der Waals surface area contributed by atoms with Gasteiger partial charge in [-0.25, -0.2) is 0 Å². The molecule has 1 aliphatic carbocycles. The number of fused-ring (bicyclic) bond motifs is 1. The summed E-state index contributed by atoms with van der Waals surface area (Å²) in [6.07, 6.45) is 3.95.